The van der Waals surface area contributed by atoms with Gasteiger partial charge in [-0.3, -0.25) is 0 Å². The highest BCUT2D eigenvalue weighted by Crippen LogP contribution is 2.17. The molecule has 0 atom stereocenters. The fraction of sp³-hybridized carbons (Fsp3) is 0.250. The van der Waals surface area contributed by atoms with Gasteiger partial charge in [-0.2, -0.15) is 4.80 Å². The van der Waals surface area contributed by atoms with E-state index in [0.29, 0.717) is 0 Å². The average Bonchev–Trinajstić information content (AvgIpc) is 2.63. The molecule has 90 valence electrons. The maximum atomic E-state index is 12.0. The zero-order valence-electron chi connectivity index (χ0n) is 8.98. The topological polar surface area (TPSA) is 117 Å². The van der Waals surface area contributed by atoms with Crippen molar-refractivity contribution in [1.29, 1.82) is 0 Å². The minimum Gasteiger partial charge on any atom is -0.396 e. The largest absolute Gasteiger partial charge is 0.396 e. The van der Waals surface area contributed by atoms with Crippen LogP contribution in [-0.2, 0) is 22.6 Å². The minimum absolute atomic E-state index is 0.108. The van der Waals surface area contributed by atoms with E-state index in [2.05, 4.69) is 20.4 Å². The van der Waals surface area contributed by atoms with Crippen LogP contribution < -0.4 is 5.73 Å². The highest BCUT2D eigenvalue weighted by molar-refractivity contribution is 7.90. The molecule has 0 radical (unpaired) electrons. The first-order chi connectivity index (χ1) is 7.99. The number of pyridine rings is 1. The van der Waals surface area contributed by atoms with E-state index >= 15 is 0 Å². The molecule has 0 aromatic carbocycles. The van der Waals surface area contributed by atoms with E-state index in [4.69, 9.17) is 5.73 Å². The van der Waals surface area contributed by atoms with Gasteiger partial charge in [-0.1, -0.05) is 0 Å². The number of hydrogen-bond acceptors (Lipinski definition) is 7. The monoisotopic (exact) mass is 254 g/mol. The van der Waals surface area contributed by atoms with Crippen molar-refractivity contribution in [1.82, 2.24) is 25.2 Å². The highest BCUT2D eigenvalue weighted by atomic mass is 32.2. The first-order valence-electron chi connectivity index (χ1n) is 4.65. The first kappa shape index (κ1) is 11.5. The molecular formula is C8H10N6O2S. The first-order valence-corrected chi connectivity index (χ1v) is 6.30. The van der Waals surface area contributed by atoms with Crippen molar-refractivity contribution in [3.63, 3.8) is 0 Å². The fourth-order valence-electron chi connectivity index (χ4n) is 1.28. The summed E-state index contributed by atoms with van der Waals surface area (Å²) < 4.78 is 23.9. The average molecular weight is 254 g/mol. The fourth-order valence-corrected chi connectivity index (χ4v) is 2.52. The number of nitrogen functional groups attached to an aromatic ring is 1. The number of aromatic nitrogens is 5. The van der Waals surface area contributed by atoms with Crippen molar-refractivity contribution >= 4 is 15.5 Å². The molecule has 0 saturated heterocycles. The normalized spacial score (nSPS) is 11.6. The van der Waals surface area contributed by atoms with E-state index in [0.717, 1.165) is 0 Å². The van der Waals surface area contributed by atoms with Crippen molar-refractivity contribution in [2.24, 2.45) is 7.05 Å². The van der Waals surface area contributed by atoms with Gasteiger partial charge in [0, 0.05) is 6.20 Å². The van der Waals surface area contributed by atoms with Crippen LogP contribution in [0.4, 0.5) is 5.69 Å². The predicted molar refractivity (Wildman–Crippen MR) is 58.3 cm³/mol. The van der Waals surface area contributed by atoms with E-state index in [1.807, 2.05) is 0 Å². The molecule has 2 aromatic rings. The van der Waals surface area contributed by atoms with Crippen LogP contribution in [0.15, 0.2) is 23.4 Å². The second-order valence-electron chi connectivity index (χ2n) is 3.35. The summed E-state index contributed by atoms with van der Waals surface area (Å²) in [5.74, 6) is -0.264. The lowest BCUT2D eigenvalue weighted by atomic mass is 10.4. The van der Waals surface area contributed by atoms with Crippen LogP contribution in [0.2, 0.25) is 0 Å². The van der Waals surface area contributed by atoms with E-state index < -0.39 is 9.84 Å². The number of tetrazole rings is 1. The standard InChI is InChI=1S/C8H10N6O2S/c1-14-12-7(11-13-14)5-17(15,16)8-6(9)3-2-4-10-8/h2-4H,5,9H2,1H3. The van der Waals surface area contributed by atoms with Crippen molar-refractivity contribution in [3.8, 4) is 0 Å². The van der Waals surface area contributed by atoms with E-state index in [9.17, 15) is 8.42 Å². The molecule has 0 spiro atoms. The summed E-state index contributed by atoms with van der Waals surface area (Å²) in [6.07, 6.45) is 1.37. The van der Waals surface area contributed by atoms with Crippen LogP contribution in [-0.4, -0.2) is 33.6 Å². The Bertz CT molecular complexity index is 635. The second-order valence-corrected chi connectivity index (χ2v) is 5.26. The van der Waals surface area contributed by atoms with Gasteiger partial charge < -0.3 is 5.73 Å². The van der Waals surface area contributed by atoms with Crippen molar-refractivity contribution < 1.29 is 8.42 Å². The van der Waals surface area contributed by atoms with Gasteiger partial charge >= 0.3 is 0 Å². The summed E-state index contributed by atoms with van der Waals surface area (Å²) in [6.45, 7) is 0. The van der Waals surface area contributed by atoms with Crippen molar-refractivity contribution in [2.45, 2.75) is 10.8 Å². The lowest BCUT2D eigenvalue weighted by molar-refractivity contribution is 0.590. The third kappa shape index (κ3) is 2.38. The van der Waals surface area contributed by atoms with Gasteiger partial charge in [-0.05, 0) is 17.3 Å². The number of rotatable bonds is 3. The molecule has 0 fully saturated rings. The lowest BCUT2D eigenvalue weighted by Gasteiger charge is -2.03. The van der Waals surface area contributed by atoms with Gasteiger partial charge in [-0.25, -0.2) is 13.4 Å². The smallest absolute Gasteiger partial charge is 0.205 e. The van der Waals surface area contributed by atoms with Crippen molar-refractivity contribution in [3.05, 3.63) is 24.2 Å². The quantitative estimate of drug-likeness (QED) is 0.758. The van der Waals surface area contributed by atoms with Gasteiger partial charge in [0.2, 0.25) is 9.84 Å². The number of nitrogens with two attached hydrogens (primary N) is 1. The predicted octanol–water partition coefficient (Wildman–Crippen LogP) is -0.839. The van der Waals surface area contributed by atoms with Crippen LogP contribution in [0.3, 0.4) is 0 Å². The molecule has 17 heavy (non-hydrogen) atoms. The Morgan fingerprint density at radius 1 is 1.47 bits per heavy atom. The highest BCUT2D eigenvalue weighted by Gasteiger charge is 2.22. The number of aryl methyl sites for hydroxylation is 1. The van der Waals surface area contributed by atoms with Crippen molar-refractivity contribution in [2.75, 3.05) is 5.73 Å². The Kier molecular flexibility index (Phi) is 2.76. The molecule has 0 amide bonds. The Labute approximate surface area is 97.4 Å². The molecule has 0 saturated carbocycles. The molecular weight excluding hydrogens is 244 g/mol. The SMILES string of the molecule is Cn1nnc(CS(=O)(=O)c2ncccc2N)n1. The molecule has 0 unspecified atom stereocenters. The van der Waals surface area contributed by atoms with E-state index in [-0.39, 0.29) is 22.3 Å². The van der Waals surface area contributed by atoms with Crippen LogP contribution >= 0.6 is 0 Å². The summed E-state index contributed by atoms with van der Waals surface area (Å²) in [7, 11) is -2.09. The Hall–Kier alpha value is -2.03. The molecule has 2 rings (SSSR count). The summed E-state index contributed by atoms with van der Waals surface area (Å²) in [4.78, 5) is 4.94. The Morgan fingerprint density at radius 3 is 2.82 bits per heavy atom. The lowest BCUT2D eigenvalue weighted by Crippen LogP contribution is -2.11. The number of sulfone groups is 1. The molecule has 2 heterocycles. The Morgan fingerprint density at radius 2 is 2.24 bits per heavy atom. The molecule has 0 bridgehead atoms. The molecule has 8 nitrogen and oxygen atoms in total. The number of nitrogens with zero attached hydrogens (tertiary/aromatic N) is 5. The van der Waals surface area contributed by atoms with Crippen LogP contribution in [0, 0.1) is 0 Å². The molecule has 2 aromatic heterocycles. The minimum atomic E-state index is -3.65. The molecule has 2 N–H and O–H groups in total. The maximum Gasteiger partial charge on any atom is 0.205 e. The zero-order valence-corrected chi connectivity index (χ0v) is 9.79. The molecule has 0 aliphatic heterocycles. The summed E-state index contributed by atoms with van der Waals surface area (Å²) >= 11 is 0. The van der Waals surface area contributed by atoms with Crippen LogP contribution in [0.25, 0.3) is 0 Å². The van der Waals surface area contributed by atoms with Gasteiger partial charge in [0.1, 0.15) is 5.75 Å². The van der Waals surface area contributed by atoms with Crippen LogP contribution in [0.5, 0.6) is 0 Å². The molecule has 0 aliphatic rings. The van der Waals surface area contributed by atoms with Gasteiger partial charge in [-0.15, -0.1) is 10.2 Å². The van der Waals surface area contributed by atoms with Gasteiger partial charge in [0.25, 0.3) is 0 Å². The molecule has 0 aliphatic carbocycles. The van der Waals surface area contributed by atoms with E-state index in [1.165, 1.54) is 17.1 Å². The summed E-state index contributed by atoms with van der Waals surface area (Å²) in [5, 5.41) is 10.8. The number of hydrogen-bond donors (Lipinski definition) is 1. The number of anilines is 1. The third-order valence-electron chi connectivity index (χ3n) is 1.96. The van der Waals surface area contributed by atoms with Gasteiger partial charge in [0.05, 0.1) is 12.7 Å². The van der Waals surface area contributed by atoms with Crippen LogP contribution in [0.1, 0.15) is 5.82 Å². The molecule has 9 heteroatoms. The van der Waals surface area contributed by atoms with E-state index in [1.54, 1.807) is 13.1 Å². The Balaban J connectivity index is 2.35. The summed E-state index contributed by atoms with van der Waals surface area (Å²) in [5.41, 5.74) is 5.67. The second kappa shape index (κ2) is 4.09. The zero-order chi connectivity index (χ0) is 12.5. The maximum absolute atomic E-state index is 12.0. The summed E-state index contributed by atoms with van der Waals surface area (Å²) in [6, 6.07) is 3.04. The third-order valence-corrected chi connectivity index (χ3v) is 3.53. The van der Waals surface area contributed by atoms with Gasteiger partial charge in [0.15, 0.2) is 10.9 Å².